The van der Waals surface area contributed by atoms with Crippen LogP contribution in [-0.2, 0) is 6.54 Å². The molecular weight excluding hydrogens is 340 g/mol. The minimum Gasteiger partial charge on any atom is -0.337 e. The molecule has 6 nitrogen and oxygen atoms in total. The van der Waals surface area contributed by atoms with Crippen molar-refractivity contribution in [1.29, 1.82) is 0 Å². The zero-order valence-corrected chi connectivity index (χ0v) is 15.1. The van der Waals surface area contributed by atoms with Crippen LogP contribution < -0.4 is 0 Å². The van der Waals surface area contributed by atoms with Gasteiger partial charge in [0, 0.05) is 31.5 Å². The van der Waals surface area contributed by atoms with Gasteiger partial charge >= 0.3 is 0 Å². The Morgan fingerprint density at radius 3 is 2.70 bits per heavy atom. The van der Waals surface area contributed by atoms with E-state index in [2.05, 4.69) is 15.1 Å². The van der Waals surface area contributed by atoms with Gasteiger partial charge in [-0.1, -0.05) is 41.6 Å². The zero-order valence-electron chi connectivity index (χ0n) is 15.1. The molecule has 3 heterocycles. The lowest BCUT2D eigenvalue weighted by Crippen LogP contribution is -2.26. The van der Waals surface area contributed by atoms with Crippen molar-refractivity contribution in [1.82, 2.24) is 20.0 Å². The molecule has 0 fully saturated rings. The maximum atomic E-state index is 13.2. The molecule has 0 aliphatic heterocycles. The van der Waals surface area contributed by atoms with Crippen molar-refractivity contribution in [3.63, 3.8) is 0 Å². The Kier molecular flexibility index (Phi) is 4.38. The van der Waals surface area contributed by atoms with Crippen molar-refractivity contribution >= 4 is 17.0 Å². The molecule has 134 valence electrons. The topological polar surface area (TPSA) is 72.1 Å². The fourth-order valence-electron chi connectivity index (χ4n) is 3.06. The van der Waals surface area contributed by atoms with E-state index >= 15 is 0 Å². The van der Waals surface area contributed by atoms with Crippen LogP contribution in [0, 0.1) is 6.92 Å². The van der Waals surface area contributed by atoms with Crippen LogP contribution in [0.25, 0.3) is 22.4 Å². The molecule has 4 aromatic rings. The molecule has 3 aromatic heterocycles. The van der Waals surface area contributed by atoms with Gasteiger partial charge in [-0.25, -0.2) is 4.98 Å². The summed E-state index contributed by atoms with van der Waals surface area (Å²) in [6.07, 6.45) is 3.47. The number of amides is 1. The summed E-state index contributed by atoms with van der Waals surface area (Å²) in [7, 11) is 1.77. The molecule has 4 rings (SSSR count). The quantitative estimate of drug-likeness (QED) is 0.554. The zero-order chi connectivity index (χ0) is 18.8. The maximum Gasteiger partial charge on any atom is 0.259 e. The van der Waals surface area contributed by atoms with Crippen LogP contribution in [-0.4, -0.2) is 33.0 Å². The molecule has 6 heteroatoms. The predicted molar refractivity (Wildman–Crippen MR) is 102 cm³/mol. The van der Waals surface area contributed by atoms with Gasteiger partial charge in [0.15, 0.2) is 0 Å². The van der Waals surface area contributed by atoms with E-state index in [9.17, 15) is 4.79 Å². The number of fused-ring (bicyclic) bond motifs is 1. The monoisotopic (exact) mass is 358 g/mol. The second-order valence-electron chi connectivity index (χ2n) is 6.39. The first-order valence-electron chi connectivity index (χ1n) is 8.60. The first-order chi connectivity index (χ1) is 13.1. The summed E-state index contributed by atoms with van der Waals surface area (Å²) in [6, 6.07) is 15.3. The van der Waals surface area contributed by atoms with Crippen LogP contribution >= 0.6 is 0 Å². The number of carbonyl (C=O) groups is 1. The number of benzene rings is 1. The van der Waals surface area contributed by atoms with Crippen LogP contribution in [0.2, 0.25) is 0 Å². The molecule has 1 aromatic carbocycles. The normalized spacial score (nSPS) is 10.9. The van der Waals surface area contributed by atoms with Gasteiger partial charge in [-0.3, -0.25) is 9.78 Å². The number of nitrogens with zero attached hydrogens (tertiary/aromatic N) is 4. The van der Waals surface area contributed by atoms with Crippen molar-refractivity contribution in [2.45, 2.75) is 13.5 Å². The third kappa shape index (κ3) is 3.29. The molecular formula is C21H18N4O2. The van der Waals surface area contributed by atoms with Crippen LogP contribution in [0.15, 0.2) is 65.4 Å². The van der Waals surface area contributed by atoms with Crippen LogP contribution in [0.1, 0.15) is 21.6 Å². The average molecular weight is 358 g/mol. The fraction of sp³-hybridized carbons (Fsp3) is 0.143. The summed E-state index contributed by atoms with van der Waals surface area (Å²) in [6.45, 7) is 2.27. The highest BCUT2D eigenvalue weighted by atomic mass is 16.5. The Balaban J connectivity index is 1.77. The number of pyridine rings is 2. The molecule has 0 saturated heterocycles. The highest BCUT2D eigenvalue weighted by Gasteiger charge is 2.22. The lowest BCUT2D eigenvalue weighted by molar-refractivity contribution is 0.0787. The van der Waals surface area contributed by atoms with Gasteiger partial charge in [-0.05, 0) is 24.6 Å². The van der Waals surface area contributed by atoms with Gasteiger partial charge in [0.1, 0.15) is 0 Å². The lowest BCUT2D eigenvalue weighted by Gasteiger charge is -2.18. The summed E-state index contributed by atoms with van der Waals surface area (Å²) >= 11 is 0. The van der Waals surface area contributed by atoms with E-state index in [0.717, 1.165) is 11.1 Å². The summed E-state index contributed by atoms with van der Waals surface area (Å²) in [5, 5.41) is 4.65. The smallest absolute Gasteiger partial charge is 0.259 e. The maximum absolute atomic E-state index is 13.2. The Morgan fingerprint density at radius 1 is 1.15 bits per heavy atom. The van der Waals surface area contributed by atoms with Crippen molar-refractivity contribution in [2.75, 3.05) is 7.05 Å². The Bertz CT molecular complexity index is 1090. The van der Waals surface area contributed by atoms with Gasteiger partial charge in [0.2, 0.25) is 0 Å². The van der Waals surface area contributed by atoms with Crippen molar-refractivity contribution < 1.29 is 9.32 Å². The molecule has 0 atom stereocenters. The van der Waals surface area contributed by atoms with Crippen LogP contribution in [0.3, 0.4) is 0 Å². The summed E-state index contributed by atoms with van der Waals surface area (Å²) < 4.78 is 5.36. The number of aryl methyl sites for hydroxylation is 1. The van der Waals surface area contributed by atoms with E-state index in [0.29, 0.717) is 34.6 Å². The van der Waals surface area contributed by atoms with Gasteiger partial charge < -0.3 is 9.42 Å². The molecule has 0 spiro atoms. The van der Waals surface area contributed by atoms with Gasteiger partial charge in [-0.15, -0.1) is 0 Å². The third-order valence-corrected chi connectivity index (χ3v) is 4.41. The Morgan fingerprint density at radius 2 is 1.96 bits per heavy atom. The number of rotatable bonds is 4. The highest BCUT2D eigenvalue weighted by Crippen LogP contribution is 2.28. The van der Waals surface area contributed by atoms with Crippen molar-refractivity contribution in [2.24, 2.45) is 0 Å². The van der Waals surface area contributed by atoms with Gasteiger partial charge in [0.25, 0.3) is 11.6 Å². The van der Waals surface area contributed by atoms with E-state index in [1.807, 2.05) is 55.5 Å². The predicted octanol–water partition coefficient (Wildman–Crippen LogP) is 3.87. The lowest BCUT2D eigenvalue weighted by atomic mass is 10.0. The first kappa shape index (κ1) is 16.9. The minimum atomic E-state index is -0.116. The Labute approximate surface area is 156 Å². The second kappa shape index (κ2) is 6.99. The molecule has 0 radical (unpaired) electrons. The molecule has 0 aliphatic carbocycles. The molecule has 27 heavy (non-hydrogen) atoms. The Hall–Kier alpha value is -3.54. The van der Waals surface area contributed by atoms with Crippen LogP contribution in [0.5, 0.6) is 0 Å². The summed E-state index contributed by atoms with van der Waals surface area (Å²) in [5.74, 6) is -0.116. The van der Waals surface area contributed by atoms with Gasteiger partial charge in [-0.2, -0.15) is 0 Å². The van der Waals surface area contributed by atoms with E-state index in [1.165, 1.54) is 0 Å². The molecule has 0 aliphatic rings. The largest absolute Gasteiger partial charge is 0.337 e. The molecule has 0 bridgehead atoms. The van der Waals surface area contributed by atoms with Crippen LogP contribution in [0.4, 0.5) is 0 Å². The fourth-order valence-corrected chi connectivity index (χ4v) is 3.06. The number of hydrogen-bond donors (Lipinski definition) is 0. The molecule has 0 N–H and O–H groups in total. The number of carbonyl (C=O) groups excluding carboxylic acids is 1. The highest BCUT2D eigenvalue weighted by molar-refractivity contribution is 6.06. The standard InChI is InChI=1S/C21H18N4O2/c1-14-19-17(21(26)25(2)13-15-7-6-10-22-12-15)11-18(23-20(19)27-24-14)16-8-4-3-5-9-16/h3-12H,13H2,1-2H3. The first-order valence-corrected chi connectivity index (χ1v) is 8.60. The van der Waals surface area contributed by atoms with E-state index < -0.39 is 0 Å². The van der Waals surface area contributed by atoms with E-state index in [1.54, 1.807) is 24.3 Å². The van der Waals surface area contributed by atoms with E-state index in [4.69, 9.17) is 4.52 Å². The van der Waals surface area contributed by atoms with Crippen molar-refractivity contribution in [3.8, 4) is 11.3 Å². The van der Waals surface area contributed by atoms with Gasteiger partial charge in [0.05, 0.1) is 22.3 Å². The number of hydrogen-bond acceptors (Lipinski definition) is 5. The number of aromatic nitrogens is 3. The molecule has 0 unspecified atom stereocenters. The van der Waals surface area contributed by atoms with E-state index in [-0.39, 0.29) is 5.91 Å². The van der Waals surface area contributed by atoms with Crippen molar-refractivity contribution in [3.05, 3.63) is 77.7 Å². The SMILES string of the molecule is Cc1noc2nc(-c3ccccc3)cc(C(=O)N(C)Cc3cccnc3)c12. The summed E-state index contributed by atoms with van der Waals surface area (Å²) in [4.78, 5) is 23.5. The summed E-state index contributed by atoms with van der Waals surface area (Å²) in [5.41, 5.74) is 4.10. The molecule has 0 saturated carbocycles. The molecule has 1 amide bonds. The third-order valence-electron chi connectivity index (χ3n) is 4.41. The average Bonchev–Trinajstić information content (AvgIpc) is 3.09. The minimum absolute atomic E-state index is 0.116. The second-order valence-corrected chi connectivity index (χ2v) is 6.39.